The van der Waals surface area contributed by atoms with Crippen molar-refractivity contribution in [1.82, 2.24) is 4.98 Å². The summed E-state index contributed by atoms with van der Waals surface area (Å²) < 4.78 is 10.6. The number of amides is 2. The van der Waals surface area contributed by atoms with E-state index in [4.69, 9.17) is 20.8 Å². The summed E-state index contributed by atoms with van der Waals surface area (Å²) in [5.74, 6) is -0.539. The maximum Gasteiger partial charge on any atom is 0.347 e. The van der Waals surface area contributed by atoms with Crippen molar-refractivity contribution in [2.75, 3.05) is 12.0 Å². The molecule has 2 amide bonds. The Hall–Kier alpha value is -3.97. The molecular weight excluding hydrogens is 420 g/mol. The maximum absolute atomic E-state index is 13.1. The van der Waals surface area contributed by atoms with Crippen molar-refractivity contribution in [2.45, 2.75) is 0 Å². The van der Waals surface area contributed by atoms with Gasteiger partial charge in [-0.3, -0.25) is 9.59 Å². The Morgan fingerprint density at radius 1 is 0.935 bits per heavy atom. The lowest BCUT2D eigenvalue weighted by molar-refractivity contribution is 0.0925. The molecule has 2 heterocycles. The standard InChI is InChI=1S/C23H13ClN2O5/c1-30-19-5-3-2-4-18(19)26-21(27)14-8-6-12(10-16(14)22(26)28)20-25-17-11-13(24)7-9-15(17)23(29)31-20/h2-11H,1H3. The third kappa shape index (κ3) is 2.98. The fraction of sp³-hybridized carbons (Fsp3) is 0.0435. The number of anilines is 1. The Balaban J connectivity index is 1.62. The Bertz CT molecular complexity index is 1460. The quantitative estimate of drug-likeness (QED) is 0.448. The first-order valence-electron chi connectivity index (χ1n) is 9.24. The lowest BCUT2D eigenvalue weighted by Crippen LogP contribution is -2.29. The number of para-hydroxylation sites is 2. The largest absolute Gasteiger partial charge is 0.495 e. The molecule has 31 heavy (non-hydrogen) atoms. The highest BCUT2D eigenvalue weighted by molar-refractivity contribution is 6.35. The monoisotopic (exact) mass is 432 g/mol. The van der Waals surface area contributed by atoms with E-state index in [1.807, 2.05) is 0 Å². The van der Waals surface area contributed by atoms with Crippen LogP contribution in [0.3, 0.4) is 0 Å². The first-order chi connectivity index (χ1) is 15.0. The van der Waals surface area contributed by atoms with Crippen LogP contribution in [0.15, 0.2) is 69.9 Å². The topological polar surface area (TPSA) is 89.7 Å². The summed E-state index contributed by atoms with van der Waals surface area (Å²) in [6.07, 6.45) is 0. The van der Waals surface area contributed by atoms with Crippen LogP contribution in [0.2, 0.25) is 5.02 Å². The van der Waals surface area contributed by atoms with Gasteiger partial charge in [-0.15, -0.1) is 0 Å². The summed E-state index contributed by atoms with van der Waals surface area (Å²) in [7, 11) is 1.47. The van der Waals surface area contributed by atoms with Crippen LogP contribution in [-0.4, -0.2) is 23.9 Å². The minimum atomic E-state index is -0.574. The lowest BCUT2D eigenvalue weighted by atomic mass is 10.1. The highest BCUT2D eigenvalue weighted by atomic mass is 35.5. The third-order valence-corrected chi connectivity index (χ3v) is 5.29. The van der Waals surface area contributed by atoms with Gasteiger partial charge < -0.3 is 9.15 Å². The Morgan fingerprint density at radius 2 is 1.71 bits per heavy atom. The van der Waals surface area contributed by atoms with Crippen molar-refractivity contribution in [2.24, 2.45) is 0 Å². The number of carbonyl (C=O) groups excluding carboxylic acids is 2. The van der Waals surface area contributed by atoms with Crippen molar-refractivity contribution < 1.29 is 18.7 Å². The van der Waals surface area contributed by atoms with Crippen LogP contribution in [0, 0.1) is 0 Å². The van der Waals surface area contributed by atoms with Gasteiger partial charge in [0.1, 0.15) is 5.75 Å². The first-order valence-corrected chi connectivity index (χ1v) is 9.62. The van der Waals surface area contributed by atoms with Crippen molar-refractivity contribution >= 4 is 40.0 Å². The van der Waals surface area contributed by atoms with Crippen LogP contribution >= 0.6 is 11.6 Å². The first kappa shape index (κ1) is 19.0. The van der Waals surface area contributed by atoms with E-state index >= 15 is 0 Å². The number of rotatable bonds is 3. The molecule has 0 bridgehead atoms. The molecule has 0 saturated carbocycles. The summed E-state index contributed by atoms with van der Waals surface area (Å²) in [6.45, 7) is 0. The molecule has 4 aromatic rings. The number of methoxy groups -OCH3 is 1. The lowest BCUT2D eigenvalue weighted by Gasteiger charge is -2.16. The minimum absolute atomic E-state index is 0.0264. The van der Waals surface area contributed by atoms with E-state index in [0.29, 0.717) is 32.9 Å². The zero-order chi connectivity index (χ0) is 21.7. The Morgan fingerprint density at radius 3 is 2.52 bits per heavy atom. The van der Waals surface area contributed by atoms with E-state index in [2.05, 4.69) is 4.98 Å². The zero-order valence-corrected chi connectivity index (χ0v) is 16.8. The summed E-state index contributed by atoms with van der Waals surface area (Å²) in [6, 6.07) is 16.0. The van der Waals surface area contributed by atoms with Crippen LogP contribution in [0.1, 0.15) is 20.7 Å². The molecule has 0 atom stereocenters. The molecule has 8 heteroatoms. The number of nitrogens with zero attached hydrogens (tertiary/aromatic N) is 2. The number of ether oxygens (including phenoxy) is 1. The fourth-order valence-electron chi connectivity index (χ4n) is 3.58. The van der Waals surface area contributed by atoms with Crippen molar-refractivity contribution in [3.63, 3.8) is 0 Å². The van der Waals surface area contributed by atoms with Gasteiger partial charge in [0.05, 0.1) is 34.8 Å². The van der Waals surface area contributed by atoms with Gasteiger partial charge in [-0.1, -0.05) is 23.7 Å². The molecule has 0 fully saturated rings. The average Bonchev–Trinajstić information content (AvgIpc) is 3.02. The van der Waals surface area contributed by atoms with E-state index in [9.17, 15) is 14.4 Å². The molecule has 1 aliphatic rings. The van der Waals surface area contributed by atoms with Crippen molar-refractivity contribution in [1.29, 1.82) is 0 Å². The van der Waals surface area contributed by atoms with Gasteiger partial charge >= 0.3 is 5.63 Å². The molecule has 0 N–H and O–H groups in total. The highest BCUT2D eigenvalue weighted by Crippen LogP contribution is 2.36. The van der Waals surface area contributed by atoms with Crippen LogP contribution in [-0.2, 0) is 0 Å². The molecule has 0 saturated heterocycles. The Labute approximate surface area is 180 Å². The number of aromatic nitrogens is 1. The van der Waals surface area contributed by atoms with Crippen LogP contribution in [0.5, 0.6) is 5.75 Å². The highest BCUT2D eigenvalue weighted by Gasteiger charge is 2.38. The molecule has 1 aromatic heterocycles. The third-order valence-electron chi connectivity index (χ3n) is 5.05. The molecule has 3 aromatic carbocycles. The fourth-order valence-corrected chi connectivity index (χ4v) is 3.74. The molecule has 5 rings (SSSR count). The van der Waals surface area contributed by atoms with Gasteiger partial charge in [0, 0.05) is 10.6 Å². The average molecular weight is 433 g/mol. The van der Waals surface area contributed by atoms with Gasteiger partial charge in [-0.05, 0) is 48.5 Å². The number of benzene rings is 3. The molecule has 7 nitrogen and oxygen atoms in total. The number of fused-ring (bicyclic) bond motifs is 2. The minimum Gasteiger partial charge on any atom is -0.495 e. The molecule has 0 aliphatic carbocycles. The second-order valence-electron chi connectivity index (χ2n) is 6.85. The Kier molecular flexibility index (Phi) is 4.34. The smallest absolute Gasteiger partial charge is 0.347 e. The molecular formula is C23H13ClN2O5. The number of hydrogen-bond donors (Lipinski definition) is 0. The molecule has 0 radical (unpaired) electrons. The van der Waals surface area contributed by atoms with Gasteiger partial charge in [0.15, 0.2) is 0 Å². The molecule has 0 spiro atoms. The van der Waals surface area contributed by atoms with Crippen molar-refractivity contribution in [3.8, 4) is 17.2 Å². The van der Waals surface area contributed by atoms with E-state index < -0.39 is 17.4 Å². The SMILES string of the molecule is COc1ccccc1N1C(=O)c2ccc(-c3nc4cc(Cl)ccc4c(=O)o3)cc2C1=O. The van der Waals surface area contributed by atoms with Crippen molar-refractivity contribution in [3.05, 3.63) is 87.2 Å². The van der Waals surface area contributed by atoms with Gasteiger partial charge in [0.2, 0.25) is 5.89 Å². The van der Waals surface area contributed by atoms with E-state index in [-0.39, 0.29) is 17.0 Å². The number of imide groups is 1. The predicted octanol–water partition coefficient (Wildman–Crippen LogP) is 4.32. The zero-order valence-electron chi connectivity index (χ0n) is 16.1. The second-order valence-corrected chi connectivity index (χ2v) is 7.28. The predicted molar refractivity (Wildman–Crippen MR) is 115 cm³/mol. The normalized spacial score (nSPS) is 13.0. The number of hydrogen-bond acceptors (Lipinski definition) is 6. The van der Waals surface area contributed by atoms with Crippen LogP contribution in [0.25, 0.3) is 22.4 Å². The summed E-state index contributed by atoms with van der Waals surface area (Å²) in [5.41, 5.74) is 0.964. The summed E-state index contributed by atoms with van der Waals surface area (Å²) in [5, 5.41) is 0.724. The van der Waals surface area contributed by atoms with E-state index in [0.717, 1.165) is 4.90 Å². The van der Waals surface area contributed by atoms with Crippen LogP contribution < -0.4 is 15.3 Å². The molecule has 152 valence electrons. The van der Waals surface area contributed by atoms with Gasteiger partial charge in [0.25, 0.3) is 11.8 Å². The molecule has 0 unspecified atom stereocenters. The van der Waals surface area contributed by atoms with E-state index in [1.54, 1.807) is 42.5 Å². The summed E-state index contributed by atoms with van der Waals surface area (Å²) >= 11 is 6.01. The van der Waals surface area contributed by atoms with Crippen LogP contribution in [0.4, 0.5) is 5.69 Å². The number of carbonyl (C=O) groups is 2. The van der Waals surface area contributed by atoms with Gasteiger partial charge in [-0.25, -0.2) is 14.7 Å². The maximum atomic E-state index is 13.1. The van der Waals surface area contributed by atoms with Gasteiger partial charge in [-0.2, -0.15) is 0 Å². The molecule has 1 aliphatic heterocycles. The number of halogens is 1. The second kappa shape index (κ2) is 7.07. The summed E-state index contributed by atoms with van der Waals surface area (Å²) in [4.78, 5) is 43.8. The van der Waals surface area contributed by atoms with E-state index in [1.165, 1.54) is 25.3 Å².